The lowest BCUT2D eigenvalue weighted by Gasteiger charge is -2.58. The van der Waals surface area contributed by atoms with Crippen LogP contribution in [0.5, 0.6) is 0 Å². The Morgan fingerprint density at radius 2 is 2.03 bits per heavy atom. The van der Waals surface area contributed by atoms with Crippen LogP contribution in [0.3, 0.4) is 0 Å². The maximum absolute atomic E-state index is 11.7. The summed E-state index contributed by atoms with van der Waals surface area (Å²) < 4.78 is 16.4. The summed E-state index contributed by atoms with van der Waals surface area (Å²) in [4.78, 5) is 23.0. The molecule has 0 unspecified atom stereocenters. The van der Waals surface area contributed by atoms with E-state index in [1.165, 1.54) is 50.7 Å². The first-order valence-corrected chi connectivity index (χ1v) is 12.2. The van der Waals surface area contributed by atoms with E-state index in [-0.39, 0.29) is 6.10 Å². The quantitative estimate of drug-likeness (QED) is 0.406. The molecule has 5 heteroatoms. The second kappa shape index (κ2) is 8.81. The molecule has 0 aromatic heterocycles. The van der Waals surface area contributed by atoms with Crippen molar-refractivity contribution in [1.82, 2.24) is 0 Å². The fraction of sp³-hybridized carbons (Fsp3) is 0.704. The Labute approximate surface area is 192 Å². The van der Waals surface area contributed by atoms with Gasteiger partial charge in [0.2, 0.25) is 0 Å². The fourth-order valence-electron chi connectivity index (χ4n) is 6.68. The molecule has 0 aromatic rings. The minimum atomic E-state index is -0.956. The maximum atomic E-state index is 11.7. The van der Waals surface area contributed by atoms with E-state index < -0.39 is 18.2 Å². The summed E-state index contributed by atoms with van der Waals surface area (Å²) in [7, 11) is 0. The van der Waals surface area contributed by atoms with Crippen molar-refractivity contribution >= 4 is 11.9 Å². The summed E-state index contributed by atoms with van der Waals surface area (Å²) in [6.07, 6.45) is 12.9. The van der Waals surface area contributed by atoms with Crippen LogP contribution >= 0.6 is 0 Å². The van der Waals surface area contributed by atoms with Crippen LogP contribution in [0.2, 0.25) is 0 Å². The number of allylic oxidation sites excluding steroid dienone is 2. The number of carbonyl (C=O) groups excluding carboxylic acids is 2. The predicted molar refractivity (Wildman–Crippen MR) is 122 cm³/mol. The van der Waals surface area contributed by atoms with E-state index in [0.29, 0.717) is 29.4 Å². The molecule has 0 bridgehead atoms. The molecular weight excluding hydrogens is 404 g/mol. The smallest absolute Gasteiger partial charge is 0.334 e. The molecule has 32 heavy (non-hydrogen) atoms. The highest BCUT2D eigenvalue weighted by molar-refractivity contribution is 5.86. The zero-order chi connectivity index (χ0) is 23.1. The molecule has 0 aromatic carbocycles. The van der Waals surface area contributed by atoms with Crippen LogP contribution in [0.25, 0.3) is 0 Å². The van der Waals surface area contributed by atoms with Crippen molar-refractivity contribution < 1.29 is 23.8 Å². The molecule has 4 aliphatic rings. The number of esters is 2. The molecule has 0 amide bonds. The molecule has 0 N–H and O–H groups in total. The summed E-state index contributed by atoms with van der Waals surface area (Å²) in [5.41, 5.74) is 4.21. The van der Waals surface area contributed by atoms with Crippen molar-refractivity contribution in [3.05, 3.63) is 34.9 Å². The number of hydrogen-bond acceptors (Lipinski definition) is 5. The predicted octanol–water partition coefficient (Wildman–Crippen LogP) is 5.65. The SMILES string of the molecule is CC(=O)O[C@@H]1OC(=O)C=C1[C@H]1CC=C(CC[C@]2(C)[C@H]3CCC=C(C)[C@]3(C)CC[C@@H]2C)CO1. The fourth-order valence-corrected chi connectivity index (χ4v) is 6.68. The summed E-state index contributed by atoms with van der Waals surface area (Å²) in [6.45, 7) is 11.7. The molecule has 2 aliphatic heterocycles. The number of carbonyl (C=O) groups is 2. The lowest BCUT2D eigenvalue weighted by molar-refractivity contribution is -0.173. The van der Waals surface area contributed by atoms with Gasteiger partial charge in [-0.1, -0.05) is 38.5 Å². The molecule has 4 rings (SSSR count). The van der Waals surface area contributed by atoms with Gasteiger partial charge in [-0.2, -0.15) is 0 Å². The lowest BCUT2D eigenvalue weighted by atomic mass is 9.47. The van der Waals surface area contributed by atoms with Crippen LogP contribution in [0.15, 0.2) is 34.9 Å². The second-order valence-corrected chi connectivity index (χ2v) is 10.8. The Hall–Kier alpha value is -1.88. The number of ether oxygens (including phenoxy) is 3. The van der Waals surface area contributed by atoms with E-state index in [1.54, 1.807) is 5.57 Å². The normalized spacial score (nSPS) is 39.4. The van der Waals surface area contributed by atoms with Crippen LogP contribution in [-0.2, 0) is 23.8 Å². The Morgan fingerprint density at radius 3 is 2.72 bits per heavy atom. The maximum Gasteiger partial charge on any atom is 0.334 e. The molecular formula is C27H38O5. The zero-order valence-corrected chi connectivity index (χ0v) is 20.2. The van der Waals surface area contributed by atoms with Gasteiger partial charge in [-0.3, -0.25) is 4.79 Å². The third kappa shape index (κ3) is 4.21. The Morgan fingerprint density at radius 1 is 1.25 bits per heavy atom. The average Bonchev–Trinajstić information content (AvgIpc) is 3.11. The molecule has 0 radical (unpaired) electrons. The average molecular weight is 443 g/mol. The van der Waals surface area contributed by atoms with E-state index in [1.807, 2.05) is 0 Å². The molecule has 1 fully saturated rings. The third-order valence-electron chi connectivity index (χ3n) is 9.09. The summed E-state index contributed by atoms with van der Waals surface area (Å²) >= 11 is 0. The lowest BCUT2D eigenvalue weighted by Crippen LogP contribution is -2.49. The molecule has 5 nitrogen and oxygen atoms in total. The summed E-state index contributed by atoms with van der Waals surface area (Å²) in [5.74, 6) is 0.500. The van der Waals surface area contributed by atoms with E-state index >= 15 is 0 Å². The van der Waals surface area contributed by atoms with Gasteiger partial charge >= 0.3 is 11.9 Å². The standard InChI is InChI=1S/C27H38O5/c1-17-7-6-8-23-26(17,4)13-11-18(2)27(23,5)14-12-20-9-10-22(30-16-20)21-15-24(29)32-25(21)31-19(3)28/h7,9,15,18,22-23,25H,6,8,10-14,16H2,1-5H3/t18-,22+,23-,25+,26-,27-/m0/s1. The van der Waals surface area contributed by atoms with Crippen molar-refractivity contribution in [2.75, 3.05) is 6.61 Å². The second-order valence-electron chi connectivity index (χ2n) is 10.8. The van der Waals surface area contributed by atoms with Crippen molar-refractivity contribution in [2.45, 2.75) is 92.0 Å². The monoisotopic (exact) mass is 442 g/mol. The first kappa shape index (κ1) is 23.3. The molecule has 176 valence electrons. The topological polar surface area (TPSA) is 61.8 Å². The van der Waals surface area contributed by atoms with Gasteiger partial charge in [0.15, 0.2) is 0 Å². The molecule has 0 spiro atoms. The van der Waals surface area contributed by atoms with Gasteiger partial charge in [-0.25, -0.2) is 4.79 Å². The van der Waals surface area contributed by atoms with Crippen molar-refractivity contribution in [2.24, 2.45) is 22.7 Å². The third-order valence-corrected chi connectivity index (χ3v) is 9.09. The number of cyclic esters (lactones) is 1. The Balaban J connectivity index is 1.41. The molecule has 1 saturated carbocycles. The van der Waals surface area contributed by atoms with E-state index in [9.17, 15) is 9.59 Å². The van der Waals surface area contributed by atoms with Crippen LogP contribution in [0, 0.1) is 22.7 Å². The highest BCUT2D eigenvalue weighted by Crippen LogP contribution is 2.61. The van der Waals surface area contributed by atoms with Gasteiger partial charge in [-0.05, 0) is 80.1 Å². The van der Waals surface area contributed by atoms with Crippen molar-refractivity contribution in [3.8, 4) is 0 Å². The number of hydrogen-bond donors (Lipinski definition) is 0. The molecule has 2 heterocycles. The first-order valence-electron chi connectivity index (χ1n) is 12.2. The zero-order valence-electron chi connectivity index (χ0n) is 20.2. The van der Waals surface area contributed by atoms with E-state index in [4.69, 9.17) is 14.2 Å². The minimum Gasteiger partial charge on any atom is -0.421 e. The van der Waals surface area contributed by atoms with Gasteiger partial charge < -0.3 is 14.2 Å². The van der Waals surface area contributed by atoms with Gasteiger partial charge in [0.05, 0.1) is 12.7 Å². The largest absolute Gasteiger partial charge is 0.421 e. The number of rotatable bonds is 5. The van der Waals surface area contributed by atoms with Gasteiger partial charge in [-0.15, -0.1) is 0 Å². The van der Waals surface area contributed by atoms with Gasteiger partial charge in [0, 0.05) is 18.6 Å². The molecule has 0 saturated heterocycles. The van der Waals surface area contributed by atoms with E-state index in [2.05, 4.69) is 39.8 Å². The highest BCUT2D eigenvalue weighted by atomic mass is 16.7. The van der Waals surface area contributed by atoms with Crippen LogP contribution in [0.1, 0.15) is 79.6 Å². The highest BCUT2D eigenvalue weighted by Gasteiger charge is 2.52. The van der Waals surface area contributed by atoms with Crippen LogP contribution in [-0.4, -0.2) is 30.9 Å². The van der Waals surface area contributed by atoms with Crippen LogP contribution in [0.4, 0.5) is 0 Å². The van der Waals surface area contributed by atoms with Gasteiger partial charge in [0.25, 0.3) is 6.29 Å². The molecule has 6 atom stereocenters. The Bertz CT molecular complexity index is 867. The van der Waals surface area contributed by atoms with Crippen LogP contribution < -0.4 is 0 Å². The van der Waals surface area contributed by atoms with Crippen molar-refractivity contribution in [1.29, 1.82) is 0 Å². The minimum absolute atomic E-state index is 0.284. The Kier molecular flexibility index (Phi) is 6.41. The van der Waals surface area contributed by atoms with E-state index in [0.717, 1.165) is 18.3 Å². The van der Waals surface area contributed by atoms with Gasteiger partial charge in [0.1, 0.15) is 0 Å². The summed E-state index contributed by atoms with van der Waals surface area (Å²) in [5, 5.41) is 0. The first-order chi connectivity index (χ1) is 15.1. The summed E-state index contributed by atoms with van der Waals surface area (Å²) in [6, 6.07) is 0. The van der Waals surface area contributed by atoms with Crippen molar-refractivity contribution in [3.63, 3.8) is 0 Å². The molecule has 2 aliphatic carbocycles. The number of fused-ring (bicyclic) bond motifs is 1.